The number of likely N-dealkylation sites (tertiary alicyclic amines) is 1. The molecule has 7 nitrogen and oxygen atoms in total. The molecule has 1 aromatic heterocycles. The Morgan fingerprint density at radius 3 is 2.48 bits per heavy atom. The van der Waals surface area contributed by atoms with Crippen molar-refractivity contribution in [2.45, 2.75) is 25.9 Å². The maximum Gasteiger partial charge on any atom is 0.319 e. The number of benzene rings is 2. The van der Waals surface area contributed by atoms with Gasteiger partial charge in [-0.05, 0) is 50.2 Å². The number of hydrogen-bond acceptors (Lipinski definition) is 4. The number of carbonyl (C=O) groups is 1. The molecule has 0 atom stereocenters. The van der Waals surface area contributed by atoms with Crippen molar-refractivity contribution in [2.75, 3.05) is 25.0 Å². The molecule has 2 N–H and O–H groups in total. The predicted octanol–water partition coefficient (Wildman–Crippen LogP) is 4.12. The number of aromatic nitrogens is 2. The number of fused-ring (bicyclic) bond motifs is 1. The monoisotopic (exact) mass is 459 g/mol. The Morgan fingerprint density at radius 1 is 1.00 bits per heavy atom. The lowest BCUT2D eigenvalue weighted by atomic mass is 10.1. The van der Waals surface area contributed by atoms with Crippen molar-refractivity contribution in [3.63, 3.8) is 0 Å². The lowest BCUT2D eigenvalue weighted by Gasteiger charge is -2.16. The van der Waals surface area contributed by atoms with E-state index < -0.39 is 6.03 Å². The minimum absolute atomic E-state index is 0.112. The van der Waals surface area contributed by atoms with Crippen LogP contribution in [0.25, 0.3) is 10.8 Å². The van der Waals surface area contributed by atoms with Crippen LogP contribution in [0, 0.1) is 0 Å². The molecule has 2 heterocycles. The van der Waals surface area contributed by atoms with Crippen LogP contribution in [-0.4, -0.2) is 40.3 Å². The van der Waals surface area contributed by atoms with Gasteiger partial charge in [-0.1, -0.05) is 41.4 Å². The number of amides is 2. The second-order valence-electron chi connectivity index (χ2n) is 7.51. The zero-order valence-electron chi connectivity index (χ0n) is 16.9. The Balaban J connectivity index is 1.50. The van der Waals surface area contributed by atoms with Gasteiger partial charge in [-0.15, -0.1) is 0 Å². The Bertz CT molecular complexity index is 1160. The van der Waals surface area contributed by atoms with Crippen molar-refractivity contribution in [2.24, 2.45) is 0 Å². The van der Waals surface area contributed by atoms with Gasteiger partial charge in [-0.25, -0.2) is 9.48 Å². The summed E-state index contributed by atoms with van der Waals surface area (Å²) in [5, 5.41) is 12.2. The minimum atomic E-state index is -0.404. The molecule has 4 rings (SSSR count). The van der Waals surface area contributed by atoms with Crippen LogP contribution in [0.15, 0.2) is 47.3 Å². The second-order valence-corrected chi connectivity index (χ2v) is 8.32. The first-order valence-electron chi connectivity index (χ1n) is 10.2. The minimum Gasteiger partial charge on any atom is -0.332 e. The molecule has 0 unspecified atom stereocenters. The van der Waals surface area contributed by atoms with Crippen LogP contribution < -0.4 is 16.2 Å². The van der Waals surface area contributed by atoms with E-state index >= 15 is 0 Å². The second kappa shape index (κ2) is 9.68. The van der Waals surface area contributed by atoms with Gasteiger partial charge in [0.05, 0.1) is 34.2 Å². The molecule has 1 saturated heterocycles. The van der Waals surface area contributed by atoms with E-state index in [2.05, 4.69) is 20.6 Å². The topological polar surface area (TPSA) is 79.3 Å². The Morgan fingerprint density at radius 2 is 1.74 bits per heavy atom. The molecule has 2 amide bonds. The quantitative estimate of drug-likeness (QED) is 0.580. The highest BCUT2D eigenvalue weighted by Crippen LogP contribution is 2.25. The number of nitrogens with one attached hydrogen (secondary N) is 2. The average Bonchev–Trinajstić information content (AvgIpc) is 3.29. The van der Waals surface area contributed by atoms with Crippen LogP contribution >= 0.6 is 23.2 Å². The van der Waals surface area contributed by atoms with Crippen molar-refractivity contribution in [1.29, 1.82) is 0 Å². The predicted molar refractivity (Wildman–Crippen MR) is 124 cm³/mol. The lowest BCUT2D eigenvalue weighted by Crippen LogP contribution is -2.33. The average molecular weight is 460 g/mol. The number of rotatable bonds is 6. The molecule has 31 heavy (non-hydrogen) atoms. The molecule has 0 saturated carbocycles. The molecule has 0 spiro atoms. The number of urea groups is 1. The highest BCUT2D eigenvalue weighted by molar-refractivity contribution is 6.42. The van der Waals surface area contributed by atoms with Gasteiger partial charge in [0.25, 0.3) is 5.56 Å². The van der Waals surface area contributed by atoms with Crippen molar-refractivity contribution < 1.29 is 4.79 Å². The zero-order valence-corrected chi connectivity index (χ0v) is 18.4. The smallest absolute Gasteiger partial charge is 0.319 e. The maximum absolute atomic E-state index is 12.9. The third-order valence-corrected chi connectivity index (χ3v) is 6.10. The molecule has 3 aromatic rings. The van der Waals surface area contributed by atoms with E-state index in [9.17, 15) is 9.59 Å². The Hall–Kier alpha value is -2.61. The number of nitrogens with zero attached hydrogens (tertiary/aromatic N) is 3. The van der Waals surface area contributed by atoms with Crippen molar-refractivity contribution in [3.8, 4) is 0 Å². The summed E-state index contributed by atoms with van der Waals surface area (Å²) in [6.45, 7) is 3.61. The molecule has 0 radical (unpaired) electrons. The van der Waals surface area contributed by atoms with Crippen LogP contribution in [0.5, 0.6) is 0 Å². The summed E-state index contributed by atoms with van der Waals surface area (Å²) in [5.74, 6) is 0. The van der Waals surface area contributed by atoms with E-state index in [1.165, 1.54) is 17.5 Å². The standard InChI is InChI=1S/C22H23Cl2N5O2/c23-18-8-7-15(13-19(18)24)26-22(31)25-14-20-16-5-1-2-6-17(16)21(30)29(27-20)12-11-28-9-3-4-10-28/h1-2,5-8,13H,3-4,9-12,14H2,(H2,25,26,31). The molecule has 1 fully saturated rings. The van der Waals surface area contributed by atoms with Gasteiger partial charge in [-0.2, -0.15) is 5.10 Å². The molecule has 0 aliphatic carbocycles. The fourth-order valence-corrected chi connectivity index (χ4v) is 4.04. The molecule has 162 valence electrons. The van der Waals surface area contributed by atoms with Gasteiger partial charge in [0, 0.05) is 17.6 Å². The largest absolute Gasteiger partial charge is 0.332 e. The highest BCUT2D eigenvalue weighted by Gasteiger charge is 2.15. The van der Waals surface area contributed by atoms with Crippen LogP contribution in [0.4, 0.5) is 10.5 Å². The number of hydrogen-bond donors (Lipinski definition) is 2. The zero-order chi connectivity index (χ0) is 21.8. The third-order valence-electron chi connectivity index (χ3n) is 5.36. The molecular weight excluding hydrogens is 437 g/mol. The normalized spacial score (nSPS) is 14.1. The van der Waals surface area contributed by atoms with Crippen LogP contribution in [0.2, 0.25) is 10.0 Å². The van der Waals surface area contributed by atoms with Gasteiger partial charge in [0.15, 0.2) is 0 Å². The van der Waals surface area contributed by atoms with Gasteiger partial charge < -0.3 is 15.5 Å². The van der Waals surface area contributed by atoms with Gasteiger partial charge >= 0.3 is 6.03 Å². The fourth-order valence-electron chi connectivity index (χ4n) is 3.74. The van der Waals surface area contributed by atoms with Crippen LogP contribution in [-0.2, 0) is 13.1 Å². The maximum atomic E-state index is 12.9. The molecule has 1 aliphatic rings. The van der Waals surface area contributed by atoms with E-state index in [1.807, 2.05) is 18.2 Å². The van der Waals surface area contributed by atoms with E-state index in [1.54, 1.807) is 24.3 Å². The summed E-state index contributed by atoms with van der Waals surface area (Å²) in [5.41, 5.74) is 1.06. The van der Waals surface area contributed by atoms with Crippen molar-refractivity contribution in [1.82, 2.24) is 20.0 Å². The van der Waals surface area contributed by atoms with E-state index in [0.717, 1.165) is 25.0 Å². The SMILES string of the molecule is O=C(NCc1nn(CCN2CCCC2)c(=O)c2ccccc12)Nc1ccc(Cl)c(Cl)c1. The van der Waals surface area contributed by atoms with Gasteiger partial charge in [0.2, 0.25) is 0 Å². The summed E-state index contributed by atoms with van der Waals surface area (Å²) in [4.78, 5) is 27.6. The van der Waals surface area contributed by atoms with Crippen LogP contribution in [0.3, 0.4) is 0 Å². The first-order valence-corrected chi connectivity index (χ1v) is 11.0. The molecule has 1 aliphatic heterocycles. The summed E-state index contributed by atoms with van der Waals surface area (Å²) in [7, 11) is 0. The molecule has 2 aromatic carbocycles. The molecular formula is C22H23Cl2N5O2. The lowest BCUT2D eigenvalue weighted by molar-refractivity contribution is 0.251. The number of halogens is 2. The number of anilines is 1. The molecule has 0 bridgehead atoms. The fraction of sp³-hybridized carbons (Fsp3) is 0.318. The summed E-state index contributed by atoms with van der Waals surface area (Å²) >= 11 is 11.9. The Labute approximate surface area is 189 Å². The van der Waals surface area contributed by atoms with Gasteiger partial charge in [-0.3, -0.25) is 4.79 Å². The third kappa shape index (κ3) is 5.18. The first kappa shape index (κ1) is 21.6. The van der Waals surface area contributed by atoms with E-state index in [4.69, 9.17) is 23.2 Å². The highest BCUT2D eigenvalue weighted by atomic mass is 35.5. The summed E-state index contributed by atoms with van der Waals surface area (Å²) in [6.07, 6.45) is 2.40. The van der Waals surface area contributed by atoms with Crippen molar-refractivity contribution >= 4 is 45.7 Å². The Kier molecular flexibility index (Phi) is 6.75. The van der Waals surface area contributed by atoms with Gasteiger partial charge in [0.1, 0.15) is 0 Å². The van der Waals surface area contributed by atoms with Crippen LogP contribution in [0.1, 0.15) is 18.5 Å². The van der Waals surface area contributed by atoms with Crippen molar-refractivity contribution in [3.05, 3.63) is 68.6 Å². The van der Waals surface area contributed by atoms with E-state index in [-0.39, 0.29) is 12.1 Å². The summed E-state index contributed by atoms with van der Waals surface area (Å²) < 4.78 is 1.51. The first-order chi connectivity index (χ1) is 15.0. The molecule has 9 heteroatoms. The van der Waals surface area contributed by atoms with E-state index in [0.29, 0.717) is 33.4 Å². The number of carbonyl (C=O) groups excluding carboxylic acids is 1. The summed E-state index contributed by atoms with van der Waals surface area (Å²) in [6, 6.07) is 11.8.